The van der Waals surface area contributed by atoms with Crippen LogP contribution in [0.5, 0.6) is 0 Å². The molecule has 4 heterocycles. The van der Waals surface area contributed by atoms with Gasteiger partial charge in [-0.3, -0.25) is 9.78 Å². The van der Waals surface area contributed by atoms with Crippen molar-refractivity contribution in [3.63, 3.8) is 0 Å². The normalized spacial score (nSPS) is 18.4. The Hall–Kier alpha value is -3.05. The molecule has 1 aliphatic carbocycles. The Morgan fingerprint density at radius 1 is 1.39 bits per heavy atom. The van der Waals surface area contributed by atoms with Crippen molar-refractivity contribution in [2.24, 2.45) is 5.92 Å². The number of hydrogen-bond donors (Lipinski definition) is 2. The summed E-state index contributed by atoms with van der Waals surface area (Å²) in [5.74, 6) is -4.97. The van der Waals surface area contributed by atoms with Gasteiger partial charge in [-0.15, -0.1) is 0 Å². The zero-order chi connectivity index (χ0) is 21.9. The second-order valence-electron chi connectivity index (χ2n) is 7.62. The van der Waals surface area contributed by atoms with Gasteiger partial charge in [-0.2, -0.15) is 5.10 Å². The Balaban J connectivity index is 1.57. The third-order valence-corrected chi connectivity index (χ3v) is 6.38. The van der Waals surface area contributed by atoms with Crippen molar-refractivity contribution in [2.75, 3.05) is 5.32 Å². The summed E-state index contributed by atoms with van der Waals surface area (Å²) >= 11 is 1.15. The molecule has 5 rings (SSSR count). The summed E-state index contributed by atoms with van der Waals surface area (Å²) in [5.41, 5.74) is 4.18. The van der Waals surface area contributed by atoms with E-state index in [-0.39, 0.29) is 5.13 Å². The highest BCUT2D eigenvalue weighted by molar-refractivity contribution is 7.22. The average molecular weight is 444 g/mol. The summed E-state index contributed by atoms with van der Waals surface area (Å²) in [4.78, 5) is 25.8. The molecule has 1 aliphatic rings. The van der Waals surface area contributed by atoms with Gasteiger partial charge in [-0.1, -0.05) is 18.3 Å². The van der Waals surface area contributed by atoms with Crippen LogP contribution in [0.2, 0.25) is 0 Å². The van der Waals surface area contributed by atoms with Crippen LogP contribution in [-0.4, -0.2) is 41.5 Å². The van der Waals surface area contributed by atoms with Gasteiger partial charge in [0.15, 0.2) is 10.8 Å². The number of pyridine rings is 2. The molecule has 0 bridgehead atoms. The molecule has 0 saturated heterocycles. The molecule has 4 aromatic heterocycles. The van der Waals surface area contributed by atoms with Crippen LogP contribution in [-0.2, 0) is 4.79 Å². The molecule has 4 aromatic rings. The SMILES string of the molecule is CCC(O)c1cc(C)c(-c2cc3nc(NC(=O)[C@H]4CC4(F)F)sc3n3ncnc23)cn1. The fourth-order valence-electron chi connectivity index (χ4n) is 3.54. The number of halogens is 2. The second-order valence-corrected chi connectivity index (χ2v) is 8.60. The number of alkyl halides is 2. The zero-order valence-corrected chi connectivity index (χ0v) is 17.5. The number of amides is 1. The lowest BCUT2D eigenvalue weighted by atomic mass is 10.0. The Bertz CT molecular complexity index is 1330. The molecule has 1 fully saturated rings. The highest BCUT2D eigenvalue weighted by atomic mass is 32.1. The number of carbonyl (C=O) groups is 1. The minimum absolute atomic E-state index is 0.230. The number of thiazole rings is 1. The Labute approximate surface area is 179 Å². The predicted molar refractivity (Wildman–Crippen MR) is 111 cm³/mol. The van der Waals surface area contributed by atoms with Crippen molar-refractivity contribution in [3.8, 4) is 11.1 Å². The van der Waals surface area contributed by atoms with Crippen molar-refractivity contribution in [3.05, 3.63) is 35.9 Å². The van der Waals surface area contributed by atoms with Gasteiger partial charge in [0.1, 0.15) is 22.6 Å². The van der Waals surface area contributed by atoms with Gasteiger partial charge in [-0.25, -0.2) is 23.3 Å². The van der Waals surface area contributed by atoms with Crippen LogP contribution in [0.4, 0.5) is 13.9 Å². The topological polar surface area (TPSA) is 105 Å². The average Bonchev–Trinajstić information content (AvgIpc) is 3.09. The quantitative estimate of drug-likeness (QED) is 0.486. The number of fused-ring (bicyclic) bond motifs is 3. The largest absolute Gasteiger partial charge is 0.387 e. The maximum atomic E-state index is 13.2. The Morgan fingerprint density at radius 2 is 2.16 bits per heavy atom. The van der Waals surface area contributed by atoms with E-state index in [0.29, 0.717) is 28.1 Å². The molecule has 0 radical (unpaired) electrons. The molecular formula is C20H18F2N6O2S. The minimum Gasteiger partial charge on any atom is -0.387 e. The number of anilines is 1. The lowest BCUT2D eigenvalue weighted by molar-refractivity contribution is -0.119. The van der Waals surface area contributed by atoms with E-state index in [2.05, 4.69) is 25.4 Å². The van der Waals surface area contributed by atoms with Gasteiger partial charge in [0, 0.05) is 23.7 Å². The maximum Gasteiger partial charge on any atom is 0.260 e. The number of aryl methyl sites for hydroxylation is 1. The molecule has 11 heteroatoms. The van der Waals surface area contributed by atoms with E-state index in [9.17, 15) is 18.7 Å². The summed E-state index contributed by atoms with van der Waals surface area (Å²) in [5, 5.41) is 17.1. The number of aromatic nitrogens is 5. The first-order valence-corrected chi connectivity index (χ1v) is 10.6. The molecule has 0 aliphatic heterocycles. The fraction of sp³-hybridized carbons (Fsp3) is 0.350. The highest BCUT2D eigenvalue weighted by Crippen LogP contribution is 2.49. The molecule has 1 amide bonds. The first-order chi connectivity index (χ1) is 14.8. The first-order valence-electron chi connectivity index (χ1n) is 9.75. The third kappa shape index (κ3) is 3.33. The first kappa shape index (κ1) is 19.9. The van der Waals surface area contributed by atoms with Gasteiger partial charge < -0.3 is 10.4 Å². The van der Waals surface area contributed by atoms with Gasteiger partial charge in [0.2, 0.25) is 5.91 Å². The standard InChI is InChI=1S/C20H18F2N6O2S/c1-3-15(29)13-4-9(2)11(7-23-13)10-5-14-18(28-16(10)24-8-25-28)31-19(26-14)27-17(30)12-6-20(12,21)22/h4-5,7-8,12,15,29H,3,6H2,1-2H3,(H,26,27,30)/t12-,15?/m1/s1. The van der Waals surface area contributed by atoms with Crippen LogP contribution in [0, 0.1) is 12.8 Å². The van der Waals surface area contributed by atoms with Crippen LogP contribution in [0.15, 0.2) is 24.7 Å². The molecule has 1 saturated carbocycles. The summed E-state index contributed by atoms with van der Waals surface area (Å²) < 4.78 is 28.0. The van der Waals surface area contributed by atoms with Crippen molar-refractivity contribution in [1.82, 2.24) is 24.6 Å². The van der Waals surface area contributed by atoms with Gasteiger partial charge in [0.25, 0.3) is 5.92 Å². The summed E-state index contributed by atoms with van der Waals surface area (Å²) in [6.07, 6.45) is 2.59. The molecule has 8 nitrogen and oxygen atoms in total. The third-order valence-electron chi connectivity index (χ3n) is 5.42. The van der Waals surface area contributed by atoms with Crippen molar-refractivity contribution in [1.29, 1.82) is 0 Å². The van der Waals surface area contributed by atoms with Crippen LogP contribution in [0.1, 0.15) is 37.1 Å². The minimum atomic E-state index is -2.94. The lowest BCUT2D eigenvalue weighted by Crippen LogP contribution is -2.17. The van der Waals surface area contributed by atoms with E-state index in [1.807, 2.05) is 26.0 Å². The zero-order valence-electron chi connectivity index (χ0n) is 16.6. The fourth-order valence-corrected chi connectivity index (χ4v) is 4.45. The highest BCUT2D eigenvalue weighted by Gasteiger charge is 2.61. The molecule has 160 valence electrons. The summed E-state index contributed by atoms with van der Waals surface area (Å²) in [6, 6.07) is 3.65. The number of nitrogens with zero attached hydrogens (tertiary/aromatic N) is 5. The Kier molecular flexibility index (Phi) is 4.48. The smallest absolute Gasteiger partial charge is 0.260 e. The van der Waals surface area contributed by atoms with E-state index < -0.39 is 30.3 Å². The van der Waals surface area contributed by atoms with Gasteiger partial charge >= 0.3 is 0 Å². The van der Waals surface area contributed by atoms with Crippen molar-refractivity contribution >= 4 is 38.4 Å². The number of carbonyl (C=O) groups excluding carboxylic acids is 1. The molecular weight excluding hydrogens is 426 g/mol. The van der Waals surface area contributed by atoms with Crippen LogP contribution < -0.4 is 5.32 Å². The number of rotatable bonds is 5. The number of hydrogen-bond acceptors (Lipinski definition) is 7. The van der Waals surface area contributed by atoms with Crippen LogP contribution in [0.3, 0.4) is 0 Å². The molecule has 2 atom stereocenters. The van der Waals surface area contributed by atoms with E-state index in [1.165, 1.54) is 6.33 Å². The lowest BCUT2D eigenvalue weighted by Gasteiger charge is -2.12. The molecule has 0 aromatic carbocycles. The second kappa shape index (κ2) is 6.99. The number of nitrogens with one attached hydrogen (secondary N) is 1. The molecule has 31 heavy (non-hydrogen) atoms. The monoisotopic (exact) mass is 444 g/mol. The summed E-state index contributed by atoms with van der Waals surface area (Å²) in [7, 11) is 0. The van der Waals surface area contributed by atoms with Gasteiger partial charge in [-0.05, 0) is 31.0 Å². The van der Waals surface area contributed by atoms with Crippen molar-refractivity contribution < 1.29 is 18.7 Å². The van der Waals surface area contributed by atoms with E-state index >= 15 is 0 Å². The number of aliphatic hydroxyl groups is 1. The molecule has 2 N–H and O–H groups in total. The Morgan fingerprint density at radius 3 is 2.84 bits per heavy atom. The summed E-state index contributed by atoms with van der Waals surface area (Å²) in [6.45, 7) is 3.80. The van der Waals surface area contributed by atoms with Crippen LogP contribution >= 0.6 is 11.3 Å². The number of aliphatic hydroxyl groups excluding tert-OH is 1. The van der Waals surface area contributed by atoms with Crippen molar-refractivity contribution in [2.45, 2.75) is 38.7 Å². The maximum absolute atomic E-state index is 13.2. The van der Waals surface area contributed by atoms with E-state index in [1.54, 1.807) is 10.7 Å². The molecule has 1 unspecified atom stereocenters. The van der Waals surface area contributed by atoms with E-state index in [4.69, 9.17) is 0 Å². The molecule has 0 spiro atoms. The van der Waals surface area contributed by atoms with Crippen LogP contribution in [0.25, 0.3) is 27.1 Å². The predicted octanol–water partition coefficient (Wildman–Crippen LogP) is 3.75. The van der Waals surface area contributed by atoms with Gasteiger partial charge in [0.05, 0.1) is 11.8 Å². The van der Waals surface area contributed by atoms with E-state index in [0.717, 1.165) is 28.0 Å².